The van der Waals surface area contributed by atoms with Gasteiger partial charge in [-0.1, -0.05) is 0 Å². The van der Waals surface area contributed by atoms with E-state index in [-0.39, 0.29) is 24.3 Å². The number of carbonyl (C=O) groups is 3. The van der Waals surface area contributed by atoms with Crippen LogP contribution in [-0.2, 0) is 9.59 Å². The summed E-state index contributed by atoms with van der Waals surface area (Å²) in [5.74, 6) is -1.30. The Hall–Kier alpha value is -2.37. The number of carboxylic acid groups (broad SMARTS) is 1. The fraction of sp³-hybridized carbons (Fsp3) is 0.357. The number of benzene rings is 1. The van der Waals surface area contributed by atoms with Gasteiger partial charge in [-0.2, -0.15) is 0 Å². The molecule has 0 bridgehead atoms. The molecule has 0 atom stereocenters. The molecule has 0 saturated heterocycles. The van der Waals surface area contributed by atoms with Gasteiger partial charge in [0, 0.05) is 24.2 Å². The summed E-state index contributed by atoms with van der Waals surface area (Å²) >= 11 is 0. The average Bonchev–Trinajstić information content (AvgIpc) is 3.22. The highest BCUT2D eigenvalue weighted by atomic mass is 16.4. The summed E-state index contributed by atoms with van der Waals surface area (Å²) in [6.45, 7) is -0.348. The smallest absolute Gasteiger partial charge is 0.323 e. The van der Waals surface area contributed by atoms with Crippen molar-refractivity contribution in [1.29, 1.82) is 0 Å². The third-order valence-electron chi connectivity index (χ3n) is 3.07. The molecule has 0 unspecified atom stereocenters. The van der Waals surface area contributed by atoms with Crippen LogP contribution < -0.4 is 5.32 Å². The maximum Gasteiger partial charge on any atom is 0.323 e. The summed E-state index contributed by atoms with van der Waals surface area (Å²) in [6, 6.07) is 6.43. The predicted molar refractivity (Wildman–Crippen MR) is 72.4 cm³/mol. The molecule has 2 amide bonds. The van der Waals surface area contributed by atoms with Crippen LogP contribution in [0.25, 0.3) is 0 Å². The molecule has 1 aromatic carbocycles. The standard InChI is InChI=1S/C14H16N2O4/c1-16(8-12(17)18)14(20)10-4-6-11(7-5-10)15-13(19)9-2-3-9/h4-7,9H,2-3,8H2,1H3,(H,15,19)(H,17,18). The second-order valence-electron chi connectivity index (χ2n) is 4.90. The van der Waals surface area contributed by atoms with Crippen LogP contribution in [0.2, 0.25) is 0 Å². The van der Waals surface area contributed by atoms with Crippen molar-refractivity contribution >= 4 is 23.5 Å². The molecule has 0 aliphatic heterocycles. The van der Waals surface area contributed by atoms with Crippen molar-refractivity contribution in [2.75, 3.05) is 18.9 Å². The molecule has 1 aromatic rings. The van der Waals surface area contributed by atoms with E-state index in [0.29, 0.717) is 11.3 Å². The van der Waals surface area contributed by atoms with Gasteiger partial charge in [-0.25, -0.2) is 0 Å². The van der Waals surface area contributed by atoms with Gasteiger partial charge in [-0.05, 0) is 37.1 Å². The molecule has 6 nitrogen and oxygen atoms in total. The zero-order valence-electron chi connectivity index (χ0n) is 11.1. The molecular weight excluding hydrogens is 260 g/mol. The van der Waals surface area contributed by atoms with Gasteiger partial charge >= 0.3 is 5.97 Å². The van der Waals surface area contributed by atoms with Crippen molar-refractivity contribution in [3.8, 4) is 0 Å². The topological polar surface area (TPSA) is 86.7 Å². The van der Waals surface area contributed by atoms with E-state index in [1.807, 2.05) is 0 Å². The van der Waals surface area contributed by atoms with E-state index < -0.39 is 5.97 Å². The highest BCUT2D eigenvalue weighted by Gasteiger charge is 2.29. The molecule has 1 aliphatic rings. The first kappa shape index (κ1) is 14.0. The number of aliphatic carboxylic acids is 1. The van der Waals surface area contributed by atoms with Gasteiger partial charge in [0.25, 0.3) is 5.91 Å². The minimum absolute atomic E-state index is 0.00655. The SMILES string of the molecule is CN(CC(=O)O)C(=O)c1ccc(NC(=O)C2CC2)cc1. The van der Waals surface area contributed by atoms with Crippen molar-refractivity contribution in [3.05, 3.63) is 29.8 Å². The van der Waals surface area contributed by atoms with Crippen LogP contribution in [0.4, 0.5) is 5.69 Å². The van der Waals surface area contributed by atoms with Crippen molar-refractivity contribution in [2.45, 2.75) is 12.8 Å². The Morgan fingerprint density at radius 2 is 1.85 bits per heavy atom. The van der Waals surface area contributed by atoms with Gasteiger partial charge in [-0.15, -0.1) is 0 Å². The minimum Gasteiger partial charge on any atom is -0.480 e. The van der Waals surface area contributed by atoms with Crippen LogP contribution >= 0.6 is 0 Å². The molecule has 106 valence electrons. The molecule has 0 aromatic heterocycles. The molecule has 20 heavy (non-hydrogen) atoms. The zero-order valence-corrected chi connectivity index (χ0v) is 11.1. The van der Waals surface area contributed by atoms with Crippen molar-refractivity contribution in [3.63, 3.8) is 0 Å². The number of hydrogen-bond acceptors (Lipinski definition) is 3. The summed E-state index contributed by atoms with van der Waals surface area (Å²) in [6.07, 6.45) is 1.87. The normalized spacial score (nSPS) is 13.7. The number of hydrogen-bond donors (Lipinski definition) is 2. The van der Waals surface area contributed by atoms with E-state index in [2.05, 4.69) is 5.32 Å². The first-order chi connectivity index (χ1) is 9.47. The van der Waals surface area contributed by atoms with Crippen LogP contribution in [0.15, 0.2) is 24.3 Å². The fourth-order valence-electron chi connectivity index (χ4n) is 1.78. The first-order valence-corrected chi connectivity index (χ1v) is 6.35. The number of rotatable bonds is 5. The Kier molecular flexibility index (Phi) is 4.02. The monoisotopic (exact) mass is 276 g/mol. The summed E-state index contributed by atoms with van der Waals surface area (Å²) < 4.78 is 0. The Bertz CT molecular complexity index is 535. The maximum atomic E-state index is 11.9. The zero-order chi connectivity index (χ0) is 14.7. The molecule has 6 heteroatoms. The van der Waals surface area contributed by atoms with Crippen molar-refractivity contribution < 1.29 is 19.5 Å². The van der Waals surface area contributed by atoms with E-state index in [1.165, 1.54) is 7.05 Å². The van der Waals surface area contributed by atoms with Gasteiger partial charge < -0.3 is 15.3 Å². The number of nitrogens with one attached hydrogen (secondary N) is 1. The van der Waals surface area contributed by atoms with Crippen LogP contribution in [0.3, 0.4) is 0 Å². The van der Waals surface area contributed by atoms with Crippen molar-refractivity contribution in [2.24, 2.45) is 5.92 Å². The fourth-order valence-corrected chi connectivity index (χ4v) is 1.78. The lowest BCUT2D eigenvalue weighted by Crippen LogP contribution is -2.31. The van der Waals surface area contributed by atoms with Crippen LogP contribution in [0.5, 0.6) is 0 Å². The van der Waals surface area contributed by atoms with Gasteiger partial charge in [-0.3, -0.25) is 14.4 Å². The number of anilines is 1. The van der Waals surface area contributed by atoms with E-state index >= 15 is 0 Å². The van der Waals surface area contributed by atoms with Crippen LogP contribution in [-0.4, -0.2) is 41.4 Å². The highest BCUT2D eigenvalue weighted by Crippen LogP contribution is 2.30. The van der Waals surface area contributed by atoms with E-state index in [1.54, 1.807) is 24.3 Å². The largest absolute Gasteiger partial charge is 0.480 e. The van der Waals surface area contributed by atoms with Gasteiger partial charge in [0.2, 0.25) is 5.91 Å². The number of nitrogens with zero attached hydrogens (tertiary/aromatic N) is 1. The summed E-state index contributed by atoms with van der Waals surface area (Å²) in [4.78, 5) is 35.2. The maximum absolute atomic E-state index is 11.9. The molecule has 0 heterocycles. The third-order valence-corrected chi connectivity index (χ3v) is 3.07. The van der Waals surface area contributed by atoms with E-state index in [9.17, 15) is 14.4 Å². The Morgan fingerprint density at radius 3 is 2.35 bits per heavy atom. The molecular formula is C14H16N2O4. The number of carboxylic acids is 1. The average molecular weight is 276 g/mol. The number of amides is 2. The van der Waals surface area contributed by atoms with E-state index in [0.717, 1.165) is 17.7 Å². The minimum atomic E-state index is -1.06. The highest BCUT2D eigenvalue weighted by molar-refractivity contribution is 5.97. The lowest BCUT2D eigenvalue weighted by atomic mass is 10.2. The summed E-state index contributed by atoms with van der Waals surface area (Å²) in [5, 5.41) is 11.4. The lowest BCUT2D eigenvalue weighted by molar-refractivity contribution is -0.137. The van der Waals surface area contributed by atoms with Gasteiger partial charge in [0.1, 0.15) is 6.54 Å². The quantitative estimate of drug-likeness (QED) is 0.845. The Balaban J connectivity index is 1.98. The number of carbonyl (C=O) groups excluding carboxylic acids is 2. The summed E-state index contributed by atoms with van der Waals surface area (Å²) in [5.41, 5.74) is 1.03. The Labute approximate surface area is 116 Å². The molecule has 1 saturated carbocycles. The van der Waals surface area contributed by atoms with Crippen molar-refractivity contribution in [1.82, 2.24) is 4.90 Å². The van der Waals surface area contributed by atoms with Crippen LogP contribution in [0.1, 0.15) is 23.2 Å². The molecule has 2 N–H and O–H groups in total. The van der Waals surface area contributed by atoms with Gasteiger partial charge in [0.15, 0.2) is 0 Å². The lowest BCUT2D eigenvalue weighted by Gasteiger charge is -2.14. The predicted octanol–water partition coefficient (Wildman–Crippen LogP) is 1.19. The Morgan fingerprint density at radius 1 is 1.25 bits per heavy atom. The second kappa shape index (κ2) is 5.73. The van der Waals surface area contributed by atoms with Crippen LogP contribution in [0, 0.1) is 5.92 Å². The molecule has 2 rings (SSSR count). The first-order valence-electron chi connectivity index (χ1n) is 6.35. The summed E-state index contributed by atoms with van der Waals surface area (Å²) in [7, 11) is 1.43. The second-order valence-corrected chi connectivity index (χ2v) is 4.90. The molecule has 0 radical (unpaired) electrons. The number of likely N-dealkylation sites (N-methyl/N-ethyl adjacent to an activating group) is 1. The molecule has 1 fully saturated rings. The molecule has 1 aliphatic carbocycles. The van der Waals surface area contributed by atoms with E-state index in [4.69, 9.17) is 5.11 Å². The van der Waals surface area contributed by atoms with Gasteiger partial charge in [0.05, 0.1) is 0 Å². The third kappa shape index (κ3) is 3.57. The molecule has 0 spiro atoms.